The second-order valence-corrected chi connectivity index (χ2v) is 7.27. The summed E-state index contributed by atoms with van der Waals surface area (Å²) in [6.45, 7) is 0.416. The third-order valence-electron chi connectivity index (χ3n) is 5.03. The van der Waals surface area contributed by atoms with Crippen LogP contribution in [-0.2, 0) is 4.79 Å². The van der Waals surface area contributed by atoms with Gasteiger partial charge in [0.05, 0.1) is 13.2 Å². The molecule has 3 amide bonds. The van der Waals surface area contributed by atoms with Gasteiger partial charge in [0.2, 0.25) is 5.91 Å². The molecule has 3 aromatic carbocycles. The van der Waals surface area contributed by atoms with E-state index in [-0.39, 0.29) is 24.4 Å². The van der Waals surface area contributed by atoms with Crippen molar-refractivity contribution in [1.82, 2.24) is 5.32 Å². The molecule has 3 N–H and O–H groups in total. The molecular weight excluding hydrogens is 392 g/mol. The molecule has 4 rings (SSSR count). The molecule has 7 nitrogen and oxygen atoms in total. The van der Waals surface area contributed by atoms with Gasteiger partial charge in [-0.15, -0.1) is 0 Å². The number of rotatable bonds is 6. The number of hydrogen-bond acceptors (Lipinski definition) is 4. The first kappa shape index (κ1) is 20.3. The number of carbonyl (C=O) groups is 2. The number of methoxy groups -OCH3 is 1. The second-order valence-electron chi connectivity index (χ2n) is 7.27. The van der Waals surface area contributed by atoms with E-state index in [4.69, 9.17) is 4.74 Å². The smallest absolute Gasteiger partial charge is 0.319 e. The zero-order chi connectivity index (χ0) is 21.6. The Balaban J connectivity index is 1.31. The summed E-state index contributed by atoms with van der Waals surface area (Å²) in [5, 5.41) is 9.00. The van der Waals surface area contributed by atoms with Gasteiger partial charge in [0, 0.05) is 41.8 Å². The summed E-state index contributed by atoms with van der Waals surface area (Å²) >= 11 is 0. The second kappa shape index (κ2) is 9.21. The maximum Gasteiger partial charge on any atom is 0.319 e. The summed E-state index contributed by atoms with van der Waals surface area (Å²) in [5.41, 5.74) is 3.35. The van der Waals surface area contributed by atoms with Crippen LogP contribution in [0.15, 0.2) is 78.9 Å². The summed E-state index contributed by atoms with van der Waals surface area (Å²) in [5.74, 6) is 0.652. The Morgan fingerprint density at radius 2 is 1.65 bits per heavy atom. The Labute approximate surface area is 181 Å². The normalized spacial score (nSPS) is 15.5. The molecule has 1 heterocycles. The molecule has 0 bridgehead atoms. The lowest BCUT2D eigenvalue weighted by Gasteiger charge is -2.18. The topological polar surface area (TPSA) is 82.7 Å². The Morgan fingerprint density at radius 3 is 2.39 bits per heavy atom. The fourth-order valence-corrected chi connectivity index (χ4v) is 3.51. The first-order chi connectivity index (χ1) is 15.1. The third kappa shape index (κ3) is 5.14. The molecule has 3 aromatic rings. The molecule has 0 aromatic heterocycles. The van der Waals surface area contributed by atoms with Gasteiger partial charge in [-0.2, -0.15) is 0 Å². The molecule has 0 aliphatic carbocycles. The number of urea groups is 1. The molecule has 158 valence electrons. The Morgan fingerprint density at radius 1 is 0.935 bits per heavy atom. The van der Waals surface area contributed by atoms with Gasteiger partial charge in [0.15, 0.2) is 0 Å². The first-order valence-electron chi connectivity index (χ1n) is 10.0. The molecule has 1 atom stereocenters. The van der Waals surface area contributed by atoms with E-state index in [0.717, 1.165) is 17.1 Å². The van der Waals surface area contributed by atoms with E-state index < -0.39 is 0 Å². The number of hydrogen-bond donors (Lipinski definition) is 3. The Hall–Kier alpha value is -4.00. The highest BCUT2D eigenvalue weighted by Crippen LogP contribution is 2.25. The fourth-order valence-electron chi connectivity index (χ4n) is 3.51. The molecule has 0 saturated carbocycles. The molecule has 0 unspecified atom stereocenters. The van der Waals surface area contributed by atoms with E-state index in [1.54, 1.807) is 12.0 Å². The van der Waals surface area contributed by atoms with Gasteiger partial charge in [-0.1, -0.05) is 24.3 Å². The molecule has 7 heteroatoms. The van der Waals surface area contributed by atoms with Gasteiger partial charge in [-0.3, -0.25) is 4.79 Å². The minimum absolute atomic E-state index is 0.0325. The highest BCUT2D eigenvalue weighted by molar-refractivity contribution is 5.97. The average molecular weight is 416 g/mol. The zero-order valence-electron chi connectivity index (χ0n) is 17.2. The summed E-state index contributed by atoms with van der Waals surface area (Å²) in [7, 11) is 1.59. The standard InChI is InChI=1S/C24H24N4O3/c1-31-22-9-5-8-21(15-22)28-16-20(14-23(28)29)27-24(30)26-19-12-10-18(11-13-19)25-17-6-3-2-4-7-17/h2-13,15,20,25H,14,16H2,1H3,(H2,26,27,30)/t20-/m0/s1. The van der Waals surface area contributed by atoms with Crippen LogP contribution >= 0.6 is 0 Å². The lowest BCUT2D eigenvalue weighted by atomic mass is 10.2. The summed E-state index contributed by atoms with van der Waals surface area (Å²) in [6.07, 6.45) is 0.255. The van der Waals surface area contributed by atoms with E-state index >= 15 is 0 Å². The quantitative estimate of drug-likeness (QED) is 0.557. The lowest BCUT2D eigenvalue weighted by molar-refractivity contribution is -0.117. The Bertz CT molecular complexity index is 1050. The molecule has 31 heavy (non-hydrogen) atoms. The number of amides is 3. The van der Waals surface area contributed by atoms with Gasteiger partial charge in [0.1, 0.15) is 5.75 Å². The summed E-state index contributed by atoms with van der Waals surface area (Å²) < 4.78 is 5.23. The first-order valence-corrected chi connectivity index (χ1v) is 10.0. The van der Waals surface area contributed by atoms with Crippen molar-refractivity contribution in [3.05, 3.63) is 78.9 Å². The largest absolute Gasteiger partial charge is 0.497 e. The molecular formula is C24H24N4O3. The van der Waals surface area contributed by atoms with Gasteiger partial charge in [0.25, 0.3) is 0 Å². The van der Waals surface area contributed by atoms with Crippen LogP contribution in [-0.4, -0.2) is 31.6 Å². The van der Waals surface area contributed by atoms with Gasteiger partial charge < -0.3 is 25.6 Å². The van der Waals surface area contributed by atoms with Crippen molar-refractivity contribution in [1.29, 1.82) is 0 Å². The zero-order valence-corrected chi connectivity index (χ0v) is 17.2. The van der Waals surface area contributed by atoms with Gasteiger partial charge in [-0.05, 0) is 48.5 Å². The van der Waals surface area contributed by atoms with Crippen molar-refractivity contribution in [2.75, 3.05) is 29.2 Å². The minimum Gasteiger partial charge on any atom is -0.497 e. The lowest BCUT2D eigenvalue weighted by Crippen LogP contribution is -2.39. The van der Waals surface area contributed by atoms with E-state index in [2.05, 4.69) is 16.0 Å². The number of para-hydroxylation sites is 1. The summed E-state index contributed by atoms with van der Waals surface area (Å²) in [4.78, 5) is 26.5. The predicted octanol–water partition coefficient (Wildman–Crippen LogP) is 4.37. The molecule has 0 spiro atoms. The van der Waals surface area contributed by atoms with Crippen molar-refractivity contribution >= 4 is 34.7 Å². The maximum absolute atomic E-state index is 12.4. The molecule has 1 saturated heterocycles. The number of nitrogens with one attached hydrogen (secondary N) is 3. The van der Waals surface area contributed by atoms with Crippen molar-refractivity contribution in [3.63, 3.8) is 0 Å². The summed E-state index contributed by atoms with van der Waals surface area (Å²) in [6, 6.07) is 24.0. The van der Waals surface area contributed by atoms with Crippen LogP contribution in [0.5, 0.6) is 5.75 Å². The van der Waals surface area contributed by atoms with Crippen LogP contribution in [0.4, 0.5) is 27.5 Å². The van der Waals surface area contributed by atoms with Crippen LogP contribution in [0, 0.1) is 0 Å². The van der Waals surface area contributed by atoms with Gasteiger partial charge >= 0.3 is 6.03 Å². The number of benzene rings is 3. The van der Waals surface area contributed by atoms with Crippen LogP contribution in [0.2, 0.25) is 0 Å². The van der Waals surface area contributed by atoms with Crippen LogP contribution in [0.25, 0.3) is 0 Å². The number of carbonyl (C=O) groups excluding carboxylic acids is 2. The SMILES string of the molecule is COc1cccc(N2C[C@@H](NC(=O)Nc3ccc(Nc4ccccc4)cc3)CC2=O)c1. The maximum atomic E-state index is 12.4. The highest BCUT2D eigenvalue weighted by Gasteiger charge is 2.31. The number of anilines is 4. The van der Waals surface area contributed by atoms with E-state index in [9.17, 15) is 9.59 Å². The van der Waals surface area contributed by atoms with Crippen LogP contribution < -0.4 is 25.6 Å². The van der Waals surface area contributed by atoms with Crippen LogP contribution in [0.3, 0.4) is 0 Å². The van der Waals surface area contributed by atoms with Gasteiger partial charge in [-0.25, -0.2) is 4.79 Å². The van der Waals surface area contributed by atoms with Crippen molar-refractivity contribution in [3.8, 4) is 5.75 Å². The van der Waals surface area contributed by atoms with Crippen molar-refractivity contribution in [2.45, 2.75) is 12.5 Å². The third-order valence-corrected chi connectivity index (χ3v) is 5.03. The minimum atomic E-state index is -0.339. The van der Waals surface area contributed by atoms with E-state index in [1.807, 2.05) is 78.9 Å². The number of nitrogens with zero attached hydrogens (tertiary/aromatic N) is 1. The van der Waals surface area contributed by atoms with Crippen LogP contribution in [0.1, 0.15) is 6.42 Å². The van der Waals surface area contributed by atoms with E-state index in [0.29, 0.717) is 18.0 Å². The van der Waals surface area contributed by atoms with Crippen molar-refractivity contribution in [2.24, 2.45) is 0 Å². The fraction of sp³-hybridized carbons (Fsp3) is 0.167. The number of ether oxygens (including phenoxy) is 1. The molecule has 1 fully saturated rings. The Kier molecular flexibility index (Phi) is 6.03. The molecule has 0 radical (unpaired) electrons. The predicted molar refractivity (Wildman–Crippen MR) is 122 cm³/mol. The monoisotopic (exact) mass is 416 g/mol. The van der Waals surface area contributed by atoms with E-state index in [1.165, 1.54) is 0 Å². The molecule has 1 aliphatic rings. The van der Waals surface area contributed by atoms with Crippen molar-refractivity contribution < 1.29 is 14.3 Å². The highest BCUT2D eigenvalue weighted by atomic mass is 16.5. The average Bonchev–Trinajstić information content (AvgIpc) is 3.15. The molecule has 1 aliphatic heterocycles.